The van der Waals surface area contributed by atoms with Gasteiger partial charge in [-0.1, -0.05) is 12.8 Å². The number of ketones is 1. The Morgan fingerprint density at radius 3 is 2.88 bits per heavy atom. The number of carbonyl (C=O) groups excluding carboxylic acids is 1. The van der Waals surface area contributed by atoms with Crippen molar-refractivity contribution < 1.29 is 4.79 Å². The van der Waals surface area contributed by atoms with Gasteiger partial charge in [0.25, 0.3) is 0 Å². The highest BCUT2D eigenvalue weighted by Gasteiger charge is 2.17. The minimum Gasteiger partial charge on any atom is -0.293 e. The van der Waals surface area contributed by atoms with Crippen molar-refractivity contribution in [1.82, 2.24) is 4.98 Å². The van der Waals surface area contributed by atoms with Crippen LogP contribution in [-0.2, 0) is 0 Å². The molecule has 86 valence electrons. The van der Waals surface area contributed by atoms with Crippen LogP contribution in [0.5, 0.6) is 0 Å². The highest BCUT2D eigenvalue weighted by molar-refractivity contribution is 8.00. The van der Waals surface area contributed by atoms with E-state index in [1.807, 2.05) is 24.8 Å². The predicted molar refractivity (Wildman–Crippen MR) is 68.0 cm³/mol. The van der Waals surface area contributed by atoms with E-state index in [9.17, 15) is 4.79 Å². The second kappa shape index (κ2) is 5.48. The van der Waals surface area contributed by atoms with Crippen molar-refractivity contribution in [3.05, 3.63) is 29.6 Å². The van der Waals surface area contributed by atoms with Gasteiger partial charge in [-0.15, -0.1) is 0 Å². The van der Waals surface area contributed by atoms with E-state index >= 15 is 0 Å². The molecular formula is C13H17NOS. The van der Waals surface area contributed by atoms with E-state index in [0.29, 0.717) is 11.0 Å². The van der Waals surface area contributed by atoms with E-state index in [1.165, 1.54) is 25.7 Å². The Hall–Kier alpha value is -0.830. The molecule has 1 aliphatic carbocycles. The Balaban J connectivity index is 1.87. The average Bonchev–Trinajstić information content (AvgIpc) is 2.78. The van der Waals surface area contributed by atoms with E-state index < -0.39 is 0 Å². The summed E-state index contributed by atoms with van der Waals surface area (Å²) in [7, 11) is 0. The van der Waals surface area contributed by atoms with Gasteiger partial charge in [-0.2, -0.15) is 11.8 Å². The van der Waals surface area contributed by atoms with Gasteiger partial charge in [-0.3, -0.25) is 9.78 Å². The number of carbonyl (C=O) groups is 1. The summed E-state index contributed by atoms with van der Waals surface area (Å²) in [5, 5.41) is 0.710. The molecule has 1 aromatic rings. The molecule has 0 N–H and O–H groups in total. The highest BCUT2D eigenvalue weighted by atomic mass is 32.2. The summed E-state index contributed by atoms with van der Waals surface area (Å²) in [5.41, 5.74) is 1.81. The first-order valence-electron chi connectivity index (χ1n) is 5.82. The lowest BCUT2D eigenvalue weighted by atomic mass is 10.2. The number of aromatic nitrogens is 1. The summed E-state index contributed by atoms with van der Waals surface area (Å²) in [5.74, 6) is 0.823. The van der Waals surface area contributed by atoms with E-state index in [4.69, 9.17) is 0 Å². The standard InChI is InChI=1S/C13H17NOS/c1-10-6-11(8-14-7-10)13(15)9-16-12-4-2-3-5-12/h6-8,12H,2-5,9H2,1H3. The summed E-state index contributed by atoms with van der Waals surface area (Å²) < 4.78 is 0. The van der Waals surface area contributed by atoms with Crippen LogP contribution in [0, 0.1) is 6.92 Å². The smallest absolute Gasteiger partial charge is 0.174 e. The number of hydrogen-bond acceptors (Lipinski definition) is 3. The third-order valence-corrected chi connectivity index (χ3v) is 4.32. The monoisotopic (exact) mass is 235 g/mol. The third-order valence-electron chi connectivity index (χ3n) is 2.95. The quantitative estimate of drug-likeness (QED) is 0.750. The first-order chi connectivity index (χ1) is 7.75. The zero-order valence-electron chi connectivity index (χ0n) is 9.61. The normalized spacial score (nSPS) is 16.6. The molecule has 16 heavy (non-hydrogen) atoms. The Morgan fingerprint density at radius 2 is 2.19 bits per heavy atom. The van der Waals surface area contributed by atoms with Crippen molar-refractivity contribution in [2.75, 3.05) is 5.75 Å². The zero-order chi connectivity index (χ0) is 11.4. The molecule has 1 aromatic heterocycles. The number of rotatable bonds is 4. The number of thioether (sulfide) groups is 1. The summed E-state index contributed by atoms with van der Waals surface area (Å²) in [4.78, 5) is 15.9. The number of nitrogens with zero attached hydrogens (tertiary/aromatic N) is 1. The maximum absolute atomic E-state index is 11.9. The maximum Gasteiger partial charge on any atom is 0.174 e. The van der Waals surface area contributed by atoms with Crippen molar-refractivity contribution in [3.8, 4) is 0 Å². The van der Waals surface area contributed by atoms with Gasteiger partial charge in [-0.25, -0.2) is 0 Å². The topological polar surface area (TPSA) is 30.0 Å². The zero-order valence-corrected chi connectivity index (χ0v) is 10.4. The van der Waals surface area contributed by atoms with Gasteiger partial charge in [0, 0.05) is 23.2 Å². The van der Waals surface area contributed by atoms with Gasteiger partial charge in [-0.05, 0) is 31.4 Å². The Bertz CT molecular complexity index is 372. The van der Waals surface area contributed by atoms with Gasteiger partial charge >= 0.3 is 0 Å². The minimum absolute atomic E-state index is 0.216. The van der Waals surface area contributed by atoms with Crippen LogP contribution in [0.15, 0.2) is 18.5 Å². The molecule has 1 aliphatic rings. The molecule has 0 bridgehead atoms. The molecule has 0 spiro atoms. The summed E-state index contributed by atoms with van der Waals surface area (Å²) in [6.07, 6.45) is 8.68. The fourth-order valence-electron chi connectivity index (χ4n) is 2.04. The van der Waals surface area contributed by atoms with E-state index in [-0.39, 0.29) is 5.78 Å². The molecular weight excluding hydrogens is 218 g/mol. The van der Waals surface area contributed by atoms with Crippen LogP contribution in [0.25, 0.3) is 0 Å². The molecule has 0 amide bonds. The summed E-state index contributed by atoms with van der Waals surface area (Å²) in [6, 6.07) is 1.92. The second-order valence-corrected chi connectivity index (χ2v) is 5.68. The van der Waals surface area contributed by atoms with Crippen LogP contribution in [0.4, 0.5) is 0 Å². The number of Topliss-reactive ketones (excluding diaryl/α,β-unsaturated/α-hetero) is 1. The molecule has 1 saturated carbocycles. The van der Waals surface area contributed by atoms with Crippen LogP contribution >= 0.6 is 11.8 Å². The maximum atomic E-state index is 11.9. The molecule has 2 rings (SSSR count). The van der Waals surface area contributed by atoms with E-state index in [0.717, 1.165) is 11.1 Å². The van der Waals surface area contributed by atoms with E-state index in [1.54, 1.807) is 12.4 Å². The molecule has 2 nitrogen and oxygen atoms in total. The highest BCUT2D eigenvalue weighted by Crippen LogP contribution is 2.29. The number of hydrogen-bond donors (Lipinski definition) is 0. The Kier molecular flexibility index (Phi) is 3.99. The van der Waals surface area contributed by atoms with Crippen molar-refractivity contribution in [2.24, 2.45) is 0 Å². The van der Waals surface area contributed by atoms with Gasteiger partial charge in [0.2, 0.25) is 0 Å². The minimum atomic E-state index is 0.216. The molecule has 0 aliphatic heterocycles. The van der Waals surface area contributed by atoms with Crippen LogP contribution < -0.4 is 0 Å². The number of pyridine rings is 1. The van der Waals surface area contributed by atoms with Crippen molar-refractivity contribution in [3.63, 3.8) is 0 Å². The molecule has 3 heteroatoms. The third kappa shape index (κ3) is 3.08. The van der Waals surface area contributed by atoms with Crippen molar-refractivity contribution >= 4 is 17.5 Å². The Labute approximate surface area is 101 Å². The lowest BCUT2D eigenvalue weighted by molar-refractivity contribution is 0.102. The molecule has 0 radical (unpaired) electrons. The van der Waals surface area contributed by atoms with Crippen LogP contribution in [0.2, 0.25) is 0 Å². The molecule has 1 heterocycles. The summed E-state index contributed by atoms with van der Waals surface area (Å²) in [6.45, 7) is 1.97. The SMILES string of the molecule is Cc1cncc(C(=O)CSC2CCCC2)c1. The first kappa shape index (κ1) is 11.6. The fourth-order valence-corrected chi connectivity index (χ4v) is 3.26. The summed E-state index contributed by atoms with van der Waals surface area (Å²) >= 11 is 1.82. The lowest BCUT2D eigenvalue weighted by Gasteiger charge is -2.07. The largest absolute Gasteiger partial charge is 0.293 e. The predicted octanol–water partition coefficient (Wildman–Crippen LogP) is 3.25. The van der Waals surface area contributed by atoms with Gasteiger partial charge < -0.3 is 0 Å². The van der Waals surface area contributed by atoms with Crippen LogP contribution in [0.3, 0.4) is 0 Å². The van der Waals surface area contributed by atoms with Gasteiger partial charge in [0.15, 0.2) is 5.78 Å². The average molecular weight is 235 g/mol. The van der Waals surface area contributed by atoms with Gasteiger partial charge in [0.05, 0.1) is 5.75 Å². The van der Waals surface area contributed by atoms with Crippen LogP contribution in [0.1, 0.15) is 41.6 Å². The van der Waals surface area contributed by atoms with Crippen LogP contribution in [-0.4, -0.2) is 21.8 Å². The fraction of sp³-hybridized carbons (Fsp3) is 0.538. The molecule has 0 saturated heterocycles. The first-order valence-corrected chi connectivity index (χ1v) is 6.87. The lowest BCUT2D eigenvalue weighted by Crippen LogP contribution is -2.07. The van der Waals surface area contributed by atoms with E-state index in [2.05, 4.69) is 4.98 Å². The van der Waals surface area contributed by atoms with Crippen molar-refractivity contribution in [2.45, 2.75) is 37.9 Å². The Morgan fingerprint density at radius 1 is 1.44 bits per heavy atom. The molecule has 1 fully saturated rings. The second-order valence-electron chi connectivity index (χ2n) is 4.39. The van der Waals surface area contributed by atoms with Crippen molar-refractivity contribution in [1.29, 1.82) is 0 Å². The number of aryl methyl sites for hydroxylation is 1. The molecule has 0 atom stereocenters. The molecule has 0 unspecified atom stereocenters. The molecule has 0 aromatic carbocycles. The van der Waals surface area contributed by atoms with Gasteiger partial charge in [0.1, 0.15) is 0 Å².